The summed E-state index contributed by atoms with van der Waals surface area (Å²) in [6.45, 7) is 7.06. The Morgan fingerprint density at radius 3 is 2.59 bits per heavy atom. The van der Waals surface area contributed by atoms with E-state index in [0.29, 0.717) is 60.7 Å². The highest BCUT2D eigenvalue weighted by Crippen LogP contribution is 2.39. The number of piperidine rings is 1. The first kappa shape index (κ1) is 25.1. The Bertz CT molecular complexity index is 1450. The van der Waals surface area contributed by atoms with Gasteiger partial charge < -0.3 is 24.6 Å². The van der Waals surface area contributed by atoms with Crippen LogP contribution in [0.5, 0.6) is 5.75 Å². The molecule has 0 atom stereocenters. The van der Waals surface area contributed by atoms with Gasteiger partial charge in [-0.25, -0.2) is 14.3 Å². The van der Waals surface area contributed by atoms with E-state index < -0.39 is 5.60 Å². The summed E-state index contributed by atoms with van der Waals surface area (Å²) in [5, 5.41) is 7.17. The molecule has 1 aliphatic carbocycles. The monoisotopic (exact) mass is 532 g/mol. The quantitative estimate of drug-likeness (QED) is 0.530. The van der Waals surface area contributed by atoms with E-state index in [1.165, 1.54) is 6.20 Å². The van der Waals surface area contributed by atoms with Crippen molar-refractivity contribution in [3.8, 4) is 5.75 Å². The molecule has 0 unspecified atom stereocenters. The average molecular weight is 533 g/mol. The number of nitrogens with one attached hydrogen (secondary N) is 1. The SMILES string of the molecule is CC(C)(C)OC(=O)N1CCC(N2Cc3cc(NC(=O)c4cnn5cccnc45)c(OC4CC4)cc3C2=O)CC1. The van der Waals surface area contributed by atoms with Crippen molar-refractivity contribution in [2.45, 2.75) is 70.7 Å². The van der Waals surface area contributed by atoms with Gasteiger partial charge in [-0.05, 0) is 70.2 Å². The number of benzene rings is 1. The van der Waals surface area contributed by atoms with Crippen molar-refractivity contribution in [1.82, 2.24) is 24.4 Å². The van der Waals surface area contributed by atoms with Gasteiger partial charge in [0.1, 0.15) is 16.9 Å². The molecule has 3 amide bonds. The first-order valence-electron chi connectivity index (χ1n) is 13.4. The lowest BCUT2D eigenvalue weighted by atomic mass is 10.0. The Morgan fingerprint density at radius 1 is 1.10 bits per heavy atom. The molecule has 0 radical (unpaired) electrons. The number of carbonyl (C=O) groups excluding carboxylic acids is 3. The first-order chi connectivity index (χ1) is 18.7. The third-order valence-corrected chi connectivity index (χ3v) is 7.18. The van der Waals surface area contributed by atoms with E-state index >= 15 is 0 Å². The van der Waals surface area contributed by atoms with E-state index in [9.17, 15) is 14.4 Å². The number of hydrogen-bond donors (Lipinski definition) is 1. The standard InChI is InChI=1S/C28H32N6O5/c1-28(2,3)39-27(37)32-11-7-18(8-12-32)33-16-17-13-22(23(38-19-5-6-19)14-20(17)26(33)36)31-25(35)21-15-30-34-10-4-9-29-24(21)34/h4,9-10,13-15,18-19H,5-8,11-12,16H2,1-3H3,(H,31,35). The van der Waals surface area contributed by atoms with Crippen molar-refractivity contribution in [2.24, 2.45) is 0 Å². The average Bonchev–Trinajstić information content (AvgIpc) is 3.52. The summed E-state index contributed by atoms with van der Waals surface area (Å²) in [5.74, 6) is 0.0926. The second-order valence-corrected chi connectivity index (χ2v) is 11.4. The summed E-state index contributed by atoms with van der Waals surface area (Å²) in [6.07, 6.45) is 7.84. The Balaban J connectivity index is 1.19. The van der Waals surface area contributed by atoms with Gasteiger partial charge in [0.25, 0.3) is 11.8 Å². The molecule has 3 aliphatic rings. The normalized spacial score (nSPS) is 17.9. The van der Waals surface area contributed by atoms with Crippen molar-refractivity contribution in [3.63, 3.8) is 0 Å². The minimum atomic E-state index is -0.546. The van der Waals surface area contributed by atoms with Gasteiger partial charge in [0, 0.05) is 43.6 Å². The fourth-order valence-corrected chi connectivity index (χ4v) is 5.08. The second-order valence-electron chi connectivity index (χ2n) is 11.4. The Hall–Kier alpha value is -4.15. The van der Waals surface area contributed by atoms with Crippen molar-refractivity contribution >= 4 is 29.2 Å². The number of hydrogen-bond acceptors (Lipinski definition) is 7. The van der Waals surface area contributed by atoms with Crippen LogP contribution in [0.1, 0.15) is 72.7 Å². The molecule has 0 bridgehead atoms. The molecule has 1 aromatic carbocycles. The predicted octanol–water partition coefficient (Wildman–Crippen LogP) is 3.88. The molecule has 2 aromatic heterocycles. The smallest absolute Gasteiger partial charge is 0.410 e. The molecule has 11 nitrogen and oxygen atoms in total. The van der Waals surface area contributed by atoms with Crippen molar-refractivity contribution < 1.29 is 23.9 Å². The van der Waals surface area contributed by atoms with Gasteiger partial charge in [-0.1, -0.05) is 0 Å². The van der Waals surface area contributed by atoms with Crippen molar-refractivity contribution in [3.05, 3.63) is 53.5 Å². The van der Waals surface area contributed by atoms with E-state index in [-0.39, 0.29) is 30.1 Å². The maximum absolute atomic E-state index is 13.5. The molecule has 2 fully saturated rings. The number of rotatable bonds is 5. The molecule has 2 aliphatic heterocycles. The summed E-state index contributed by atoms with van der Waals surface area (Å²) in [7, 11) is 0. The number of amides is 3. The number of carbonyl (C=O) groups is 3. The van der Waals surface area contributed by atoms with Crippen LogP contribution in [0.4, 0.5) is 10.5 Å². The largest absolute Gasteiger partial charge is 0.488 e. The number of fused-ring (bicyclic) bond motifs is 2. The molecule has 1 saturated heterocycles. The molecule has 6 rings (SSSR count). The fraction of sp³-hybridized carbons (Fsp3) is 0.464. The molecule has 1 N–H and O–H groups in total. The minimum Gasteiger partial charge on any atom is -0.488 e. The lowest BCUT2D eigenvalue weighted by molar-refractivity contribution is 0.0148. The maximum Gasteiger partial charge on any atom is 0.410 e. The molecule has 4 heterocycles. The topological polar surface area (TPSA) is 118 Å². The molecule has 0 spiro atoms. The van der Waals surface area contributed by atoms with Crippen LogP contribution in [0.2, 0.25) is 0 Å². The fourth-order valence-electron chi connectivity index (χ4n) is 5.08. The third-order valence-electron chi connectivity index (χ3n) is 7.18. The number of likely N-dealkylation sites (tertiary alicyclic amines) is 1. The van der Waals surface area contributed by atoms with Crippen LogP contribution in [0, 0.1) is 0 Å². The lowest BCUT2D eigenvalue weighted by Gasteiger charge is -2.37. The molecule has 39 heavy (non-hydrogen) atoms. The molecule has 3 aromatic rings. The van der Waals surface area contributed by atoms with Gasteiger partial charge in [-0.3, -0.25) is 9.59 Å². The number of nitrogens with zero attached hydrogens (tertiary/aromatic N) is 5. The van der Waals surface area contributed by atoms with Gasteiger partial charge in [0.15, 0.2) is 5.65 Å². The molecule has 11 heteroatoms. The van der Waals surface area contributed by atoms with Crippen LogP contribution >= 0.6 is 0 Å². The van der Waals surface area contributed by atoms with Gasteiger partial charge in [0.2, 0.25) is 0 Å². The van der Waals surface area contributed by atoms with Crippen LogP contribution in [0.25, 0.3) is 5.65 Å². The zero-order valence-corrected chi connectivity index (χ0v) is 22.3. The number of ether oxygens (including phenoxy) is 2. The van der Waals surface area contributed by atoms with Crippen LogP contribution in [-0.4, -0.2) is 73.1 Å². The minimum absolute atomic E-state index is 0.0132. The first-order valence-corrected chi connectivity index (χ1v) is 13.4. The summed E-state index contributed by atoms with van der Waals surface area (Å²) in [6, 6.07) is 5.36. The molecule has 204 valence electrons. The highest BCUT2D eigenvalue weighted by Gasteiger charge is 2.37. The van der Waals surface area contributed by atoms with Crippen molar-refractivity contribution in [1.29, 1.82) is 0 Å². The van der Waals surface area contributed by atoms with E-state index in [0.717, 1.165) is 18.4 Å². The summed E-state index contributed by atoms with van der Waals surface area (Å²) in [4.78, 5) is 47.0. The van der Waals surface area contributed by atoms with Crippen molar-refractivity contribution in [2.75, 3.05) is 18.4 Å². The van der Waals surface area contributed by atoms with E-state index in [2.05, 4.69) is 15.4 Å². The second kappa shape index (κ2) is 9.55. The number of anilines is 1. The molecular weight excluding hydrogens is 500 g/mol. The summed E-state index contributed by atoms with van der Waals surface area (Å²) in [5.41, 5.74) is 2.22. The maximum atomic E-state index is 13.5. The van der Waals surface area contributed by atoms with Crippen LogP contribution in [0.3, 0.4) is 0 Å². The Labute approximate surface area is 226 Å². The summed E-state index contributed by atoms with van der Waals surface area (Å²) >= 11 is 0. The van der Waals surface area contributed by atoms with Crippen LogP contribution in [0.15, 0.2) is 36.8 Å². The summed E-state index contributed by atoms with van der Waals surface area (Å²) < 4.78 is 13.2. The zero-order chi connectivity index (χ0) is 27.3. The Kier molecular flexibility index (Phi) is 6.16. The van der Waals surface area contributed by atoms with Gasteiger partial charge in [0.05, 0.1) is 18.0 Å². The van der Waals surface area contributed by atoms with Gasteiger partial charge >= 0.3 is 6.09 Å². The van der Waals surface area contributed by atoms with E-state index in [1.807, 2.05) is 31.7 Å². The van der Waals surface area contributed by atoms with Crippen LogP contribution < -0.4 is 10.1 Å². The van der Waals surface area contributed by atoms with Gasteiger partial charge in [-0.2, -0.15) is 5.10 Å². The van der Waals surface area contributed by atoms with E-state index in [1.54, 1.807) is 33.9 Å². The Morgan fingerprint density at radius 2 is 1.87 bits per heavy atom. The highest BCUT2D eigenvalue weighted by atomic mass is 16.6. The van der Waals surface area contributed by atoms with Gasteiger partial charge in [-0.15, -0.1) is 0 Å². The lowest BCUT2D eigenvalue weighted by Crippen LogP contribution is -2.48. The zero-order valence-electron chi connectivity index (χ0n) is 22.3. The number of aromatic nitrogens is 3. The van der Waals surface area contributed by atoms with E-state index in [4.69, 9.17) is 9.47 Å². The molecular formula is C28H32N6O5. The highest BCUT2D eigenvalue weighted by molar-refractivity contribution is 6.09. The molecule has 1 saturated carbocycles. The third kappa shape index (κ3) is 5.13. The predicted molar refractivity (Wildman–Crippen MR) is 142 cm³/mol. The van der Waals surface area contributed by atoms with Crippen LogP contribution in [-0.2, 0) is 11.3 Å².